The van der Waals surface area contributed by atoms with Crippen molar-refractivity contribution in [3.05, 3.63) is 11.2 Å². The lowest BCUT2D eigenvalue weighted by Gasteiger charge is -2.38. The number of ether oxygens (including phenoxy) is 2. The quantitative estimate of drug-likeness (QED) is 0.440. The maximum Gasteiger partial charge on any atom is 0.230 e. The van der Waals surface area contributed by atoms with Crippen LogP contribution in [0.1, 0.15) is 44.9 Å². The number of anilines is 1. The molecule has 0 aromatic carbocycles. The van der Waals surface area contributed by atoms with Crippen LogP contribution in [-0.2, 0) is 14.3 Å². The lowest BCUT2D eigenvalue weighted by atomic mass is 9.95. The van der Waals surface area contributed by atoms with E-state index in [9.17, 15) is 4.79 Å². The van der Waals surface area contributed by atoms with Gasteiger partial charge < -0.3 is 19.7 Å². The zero-order chi connectivity index (χ0) is 19.4. The van der Waals surface area contributed by atoms with E-state index < -0.39 is 5.79 Å². The summed E-state index contributed by atoms with van der Waals surface area (Å²) in [5, 5.41) is 4.06. The van der Waals surface area contributed by atoms with E-state index in [-0.39, 0.29) is 5.91 Å². The SMILES string of the molecule is O=C(CSc1nc(Cl)cc(N2CCC3(CC2)OCCO3)n1)NC1CCCCC1. The van der Waals surface area contributed by atoms with Gasteiger partial charge in [0.15, 0.2) is 10.9 Å². The fourth-order valence-corrected chi connectivity index (χ4v) is 5.01. The predicted molar refractivity (Wildman–Crippen MR) is 109 cm³/mol. The average molecular weight is 427 g/mol. The van der Waals surface area contributed by atoms with E-state index in [0.29, 0.717) is 35.3 Å². The molecule has 1 saturated carbocycles. The van der Waals surface area contributed by atoms with E-state index in [1.165, 1.54) is 31.0 Å². The van der Waals surface area contributed by atoms with Gasteiger partial charge in [0.25, 0.3) is 0 Å². The highest BCUT2D eigenvalue weighted by molar-refractivity contribution is 7.99. The maximum atomic E-state index is 12.2. The summed E-state index contributed by atoms with van der Waals surface area (Å²) in [5.74, 6) is 0.726. The first-order valence-electron chi connectivity index (χ1n) is 10.1. The van der Waals surface area contributed by atoms with Crippen LogP contribution < -0.4 is 10.2 Å². The Bertz CT molecular complexity index is 686. The Morgan fingerprint density at radius 3 is 2.64 bits per heavy atom. The van der Waals surface area contributed by atoms with Gasteiger partial charge in [-0.2, -0.15) is 0 Å². The highest BCUT2D eigenvalue weighted by Crippen LogP contribution is 2.33. The van der Waals surface area contributed by atoms with E-state index in [2.05, 4.69) is 20.2 Å². The number of thioether (sulfide) groups is 1. The van der Waals surface area contributed by atoms with E-state index in [1.54, 1.807) is 6.07 Å². The second-order valence-electron chi connectivity index (χ2n) is 7.62. The van der Waals surface area contributed by atoms with Crippen LogP contribution in [0.2, 0.25) is 5.15 Å². The number of halogens is 1. The van der Waals surface area contributed by atoms with Gasteiger partial charge in [0.2, 0.25) is 5.91 Å². The number of hydrogen-bond donors (Lipinski definition) is 1. The average Bonchev–Trinajstić information content (AvgIpc) is 3.15. The van der Waals surface area contributed by atoms with E-state index in [1.807, 2.05) is 0 Å². The summed E-state index contributed by atoms with van der Waals surface area (Å²) in [6.45, 7) is 2.92. The summed E-state index contributed by atoms with van der Waals surface area (Å²) in [5.41, 5.74) is 0. The third kappa shape index (κ3) is 5.09. The minimum absolute atomic E-state index is 0.0393. The molecule has 1 spiro atoms. The highest BCUT2D eigenvalue weighted by Gasteiger charge is 2.40. The molecule has 1 aromatic rings. The fourth-order valence-electron chi connectivity index (χ4n) is 4.12. The van der Waals surface area contributed by atoms with Crippen molar-refractivity contribution < 1.29 is 14.3 Å². The zero-order valence-corrected chi connectivity index (χ0v) is 17.6. The second-order valence-corrected chi connectivity index (χ2v) is 8.95. The molecule has 3 heterocycles. The first-order chi connectivity index (χ1) is 13.6. The molecule has 1 amide bonds. The molecule has 2 saturated heterocycles. The molecular formula is C19H27ClN4O3S. The standard InChI is InChI=1S/C19H27ClN4O3S/c20-15-12-16(24-8-6-19(7-9-24)26-10-11-27-19)23-18(22-15)28-13-17(25)21-14-4-2-1-3-5-14/h12,14H,1-11,13H2,(H,21,25). The topological polar surface area (TPSA) is 76.6 Å². The van der Waals surface area contributed by atoms with Crippen molar-refractivity contribution in [1.29, 1.82) is 0 Å². The van der Waals surface area contributed by atoms with Crippen molar-refractivity contribution in [2.24, 2.45) is 0 Å². The number of rotatable bonds is 5. The number of nitrogens with one attached hydrogen (secondary N) is 1. The molecule has 1 aromatic heterocycles. The van der Waals surface area contributed by atoms with Gasteiger partial charge in [-0.25, -0.2) is 9.97 Å². The van der Waals surface area contributed by atoms with Crippen LogP contribution in [0.4, 0.5) is 5.82 Å². The molecule has 0 radical (unpaired) electrons. The Morgan fingerprint density at radius 2 is 1.93 bits per heavy atom. The van der Waals surface area contributed by atoms with Crippen LogP contribution in [0.15, 0.2) is 11.2 Å². The first kappa shape index (κ1) is 20.2. The van der Waals surface area contributed by atoms with E-state index >= 15 is 0 Å². The number of amides is 1. The number of aromatic nitrogens is 2. The molecule has 1 aliphatic carbocycles. The molecule has 3 aliphatic rings. The van der Waals surface area contributed by atoms with Crippen LogP contribution in [0.5, 0.6) is 0 Å². The van der Waals surface area contributed by atoms with Gasteiger partial charge in [0.05, 0.1) is 19.0 Å². The Hall–Kier alpha value is -1.09. The predicted octanol–water partition coefficient (Wildman–Crippen LogP) is 3.01. The van der Waals surface area contributed by atoms with Gasteiger partial charge in [-0.1, -0.05) is 42.6 Å². The van der Waals surface area contributed by atoms with Crippen molar-refractivity contribution in [3.8, 4) is 0 Å². The zero-order valence-electron chi connectivity index (χ0n) is 16.0. The number of piperidine rings is 1. The van der Waals surface area contributed by atoms with Crippen molar-refractivity contribution in [2.45, 2.75) is 61.9 Å². The van der Waals surface area contributed by atoms with Crippen molar-refractivity contribution in [2.75, 3.05) is 37.0 Å². The number of carbonyl (C=O) groups is 1. The van der Waals surface area contributed by atoms with Crippen LogP contribution in [0.3, 0.4) is 0 Å². The molecule has 7 nitrogen and oxygen atoms in total. The fraction of sp³-hybridized carbons (Fsp3) is 0.737. The molecule has 1 N–H and O–H groups in total. The van der Waals surface area contributed by atoms with Crippen LogP contribution >= 0.6 is 23.4 Å². The Kier molecular flexibility index (Phi) is 6.60. The van der Waals surface area contributed by atoms with E-state index in [0.717, 1.165) is 44.6 Å². The minimum Gasteiger partial charge on any atom is -0.356 e. The summed E-state index contributed by atoms with van der Waals surface area (Å²) in [6, 6.07) is 2.10. The first-order valence-corrected chi connectivity index (χ1v) is 11.5. The smallest absolute Gasteiger partial charge is 0.230 e. The third-order valence-electron chi connectivity index (χ3n) is 5.63. The van der Waals surface area contributed by atoms with Crippen LogP contribution in [0.25, 0.3) is 0 Å². The van der Waals surface area contributed by atoms with Gasteiger partial charge >= 0.3 is 0 Å². The highest BCUT2D eigenvalue weighted by atomic mass is 35.5. The number of carbonyl (C=O) groups excluding carboxylic acids is 1. The lowest BCUT2D eigenvalue weighted by Crippen LogP contribution is -2.45. The van der Waals surface area contributed by atoms with Gasteiger partial charge in [-0.3, -0.25) is 4.79 Å². The Balaban J connectivity index is 1.31. The summed E-state index contributed by atoms with van der Waals surface area (Å²) in [7, 11) is 0. The molecule has 2 aliphatic heterocycles. The molecule has 0 atom stereocenters. The number of hydrogen-bond acceptors (Lipinski definition) is 7. The molecule has 28 heavy (non-hydrogen) atoms. The van der Waals surface area contributed by atoms with Crippen molar-refractivity contribution >= 4 is 35.1 Å². The summed E-state index contributed by atoms with van der Waals surface area (Å²) >= 11 is 7.55. The molecule has 4 rings (SSSR count). The van der Waals surface area contributed by atoms with Crippen molar-refractivity contribution in [3.63, 3.8) is 0 Å². The summed E-state index contributed by atoms with van der Waals surface area (Å²) < 4.78 is 11.6. The monoisotopic (exact) mass is 426 g/mol. The second kappa shape index (κ2) is 9.15. The minimum atomic E-state index is -0.415. The van der Waals surface area contributed by atoms with Crippen molar-refractivity contribution in [1.82, 2.24) is 15.3 Å². The summed E-state index contributed by atoms with van der Waals surface area (Å²) in [6.07, 6.45) is 7.45. The molecule has 154 valence electrons. The lowest BCUT2D eigenvalue weighted by molar-refractivity contribution is -0.169. The van der Waals surface area contributed by atoms with E-state index in [4.69, 9.17) is 21.1 Å². The maximum absolute atomic E-state index is 12.2. The van der Waals surface area contributed by atoms with Crippen LogP contribution in [0, 0.1) is 0 Å². The summed E-state index contributed by atoms with van der Waals surface area (Å²) in [4.78, 5) is 23.3. The van der Waals surface area contributed by atoms with Gasteiger partial charge in [0.1, 0.15) is 11.0 Å². The normalized spacial score (nSPS) is 22.5. The van der Waals surface area contributed by atoms with Gasteiger partial charge in [-0.15, -0.1) is 0 Å². The molecule has 3 fully saturated rings. The Morgan fingerprint density at radius 1 is 1.21 bits per heavy atom. The van der Waals surface area contributed by atoms with Gasteiger partial charge in [-0.05, 0) is 12.8 Å². The van der Waals surface area contributed by atoms with Crippen LogP contribution in [-0.4, -0.2) is 59.8 Å². The molecule has 0 unspecified atom stereocenters. The van der Waals surface area contributed by atoms with Gasteiger partial charge in [0, 0.05) is 38.0 Å². The Labute approximate surface area is 174 Å². The molecule has 0 bridgehead atoms. The molecular weight excluding hydrogens is 400 g/mol. The third-order valence-corrected chi connectivity index (χ3v) is 6.67. The number of nitrogens with zero attached hydrogens (tertiary/aromatic N) is 3. The largest absolute Gasteiger partial charge is 0.356 e. The molecule has 9 heteroatoms.